The smallest absolute Gasteiger partial charge is 0.243 e. The third kappa shape index (κ3) is 5.66. The summed E-state index contributed by atoms with van der Waals surface area (Å²) in [4.78, 5) is 12.9. The van der Waals surface area contributed by atoms with Crippen molar-refractivity contribution in [3.63, 3.8) is 0 Å². The molecule has 3 aromatic rings. The molecule has 0 unspecified atom stereocenters. The fourth-order valence-corrected chi connectivity index (χ4v) is 4.74. The highest BCUT2D eigenvalue weighted by atomic mass is 35.5. The Bertz CT molecular complexity index is 1200. The second-order valence-corrected chi connectivity index (χ2v) is 9.89. The summed E-state index contributed by atoms with van der Waals surface area (Å²) in [6, 6.07) is 18.6. The van der Waals surface area contributed by atoms with Gasteiger partial charge in [0.2, 0.25) is 15.9 Å². The lowest BCUT2D eigenvalue weighted by atomic mass is 10.2. The van der Waals surface area contributed by atoms with Crippen molar-refractivity contribution in [3.05, 3.63) is 93.5 Å². The Kier molecular flexibility index (Phi) is 7.38. The van der Waals surface area contributed by atoms with E-state index in [4.69, 9.17) is 23.2 Å². The maximum Gasteiger partial charge on any atom is 0.243 e. The van der Waals surface area contributed by atoms with Crippen LogP contribution in [-0.4, -0.2) is 25.2 Å². The molecule has 0 aliphatic rings. The van der Waals surface area contributed by atoms with E-state index in [1.54, 1.807) is 61.5 Å². The average molecular weight is 477 g/mol. The van der Waals surface area contributed by atoms with Gasteiger partial charge in [0.05, 0.1) is 11.4 Å². The van der Waals surface area contributed by atoms with E-state index in [-0.39, 0.29) is 18.0 Å². The quantitative estimate of drug-likeness (QED) is 0.493. The van der Waals surface area contributed by atoms with Crippen LogP contribution in [0.3, 0.4) is 0 Å². The van der Waals surface area contributed by atoms with Crippen LogP contribution < -0.4 is 5.32 Å². The van der Waals surface area contributed by atoms with Gasteiger partial charge in [0.1, 0.15) is 0 Å². The van der Waals surface area contributed by atoms with Crippen LogP contribution in [0.2, 0.25) is 10.0 Å². The normalized spacial score (nSPS) is 11.5. The molecule has 0 radical (unpaired) electrons. The van der Waals surface area contributed by atoms with Crippen molar-refractivity contribution >= 4 is 44.8 Å². The van der Waals surface area contributed by atoms with Crippen molar-refractivity contribution in [1.29, 1.82) is 0 Å². The van der Waals surface area contributed by atoms with Crippen molar-refractivity contribution in [3.8, 4) is 0 Å². The molecule has 0 aliphatic heterocycles. The van der Waals surface area contributed by atoms with E-state index in [2.05, 4.69) is 5.32 Å². The van der Waals surface area contributed by atoms with Gasteiger partial charge in [-0.25, -0.2) is 8.42 Å². The highest BCUT2D eigenvalue weighted by Gasteiger charge is 2.27. The van der Waals surface area contributed by atoms with Gasteiger partial charge in [-0.05, 0) is 55.3 Å². The molecule has 162 valence electrons. The van der Waals surface area contributed by atoms with E-state index in [9.17, 15) is 13.2 Å². The number of hydrogen-bond acceptors (Lipinski definition) is 3. The van der Waals surface area contributed by atoms with Crippen LogP contribution >= 0.6 is 23.2 Å². The molecule has 0 saturated heterocycles. The Hall–Kier alpha value is -2.38. The fourth-order valence-electron chi connectivity index (χ4n) is 2.99. The van der Waals surface area contributed by atoms with Gasteiger partial charge < -0.3 is 5.32 Å². The van der Waals surface area contributed by atoms with E-state index < -0.39 is 15.9 Å². The minimum Gasteiger partial charge on any atom is -0.325 e. The number of rotatable bonds is 7. The fraction of sp³-hybridized carbons (Fsp3) is 0.174. The minimum atomic E-state index is -3.95. The van der Waals surface area contributed by atoms with E-state index in [0.29, 0.717) is 26.9 Å². The van der Waals surface area contributed by atoms with Gasteiger partial charge in [-0.3, -0.25) is 4.79 Å². The molecule has 0 spiro atoms. The summed E-state index contributed by atoms with van der Waals surface area (Å²) in [6.07, 6.45) is 0. The Morgan fingerprint density at radius 2 is 1.55 bits per heavy atom. The average Bonchev–Trinajstić information content (AvgIpc) is 2.73. The summed E-state index contributed by atoms with van der Waals surface area (Å²) in [5, 5.41) is 3.69. The predicted molar refractivity (Wildman–Crippen MR) is 125 cm³/mol. The SMILES string of the molecule is Cc1ccc(S(=O)(=O)N(CC(=O)Nc2cccc(Cl)c2C)Cc2ccccc2Cl)cc1. The summed E-state index contributed by atoms with van der Waals surface area (Å²) < 4.78 is 27.8. The standard InChI is InChI=1S/C23H22Cl2N2O3S/c1-16-10-12-19(13-11-16)31(29,30)27(14-18-6-3-4-7-21(18)25)15-23(28)26-22-9-5-8-20(24)17(22)2/h3-13H,14-15H2,1-2H3,(H,26,28). The summed E-state index contributed by atoms with van der Waals surface area (Å²) in [7, 11) is -3.95. The first-order valence-corrected chi connectivity index (χ1v) is 11.7. The lowest BCUT2D eigenvalue weighted by Crippen LogP contribution is -2.37. The lowest BCUT2D eigenvalue weighted by molar-refractivity contribution is -0.116. The largest absolute Gasteiger partial charge is 0.325 e. The van der Waals surface area contributed by atoms with Crippen LogP contribution in [0.1, 0.15) is 16.7 Å². The number of amides is 1. The molecule has 3 rings (SSSR count). The Labute approximate surface area is 192 Å². The molecule has 0 atom stereocenters. The van der Waals surface area contributed by atoms with Gasteiger partial charge in [0.15, 0.2) is 0 Å². The third-order valence-corrected chi connectivity index (χ3v) is 7.41. The second-order valence-electron chi connectivity index (χ2n) is 7.14. The van der Waals surface area contributed by atoms with E-state index in [1.807, 2.05) is 6.92 Å². The van der Waals surface area contributed by atoms with Crippen LogP contribution in [0.15, 0.2) is 71.6 Å². The zero-order chi connectivity index (χ0) is 22.6. The number of carbonyl (C=O) groups excluding carboxylic acids is 1. The summed E-state index contributed by atoms with van der Waals surface area (Å²) in [6.45, 7) is 3.23. The third-order valence-electron chi connectivity index (χ3n) is 4.83. The zero-order valence-corrected chi connectivity index (χ0v) is 19.4. The van der Waals surface area contributed by atoms with Crippen LogP contribution in [0.25, 0.3) is 0 Å². The van der Waals surface area contributed by atoms with E-state index >= 15 is 0 Å². The minimum absolute atomic E-state index is 0.0438. The molecule has 0 aliphatic carbocycles. The van der Waals surface area contributed by atoms with Gasteiger partial charge in [-0.15, -0.1) is 0 Å². The molecule has 1 N–H and O–H groups in total. The highest BCUT2D eigenvalue weighted by molar-refractivity contribution is 7.89. The number of aryl methyl sites for hydroxylation is 1. The van der Waals surface area contributed by atoms with Crippen molar-refractivity contribution in [2.45, 2.75) is 25.3 Å². The van der Waals surface area contributed by atoms with Gasteiger partial charge in [-0.2, -0.15) is 4.31 Å². The molecule has 3 aromatic carbocycles. The van der Waals surface area contributed by atoms with Crippen LogP contribution in [0.4, 0.5) is 5.69 Å². The maximum absolute atomic E-state index is 13.4. The van der Waals surface area contributed by atoms with E-state index in [1.165, 1.54) is 12.1 Å². The van der Waals surface area contributed by atoms with Gasteiger partial charge in [0.25, 0.3) is 0 Å². The first-order valence-electron chi connectivity index (χ1n) is 9.53. The van der Waals surface area contributed by atoms with E-state index in [0.717, 1.165) is 9.87 Å². The monoisotopic (exact) mass is 476 g/mol. The van der Waals surface area contributed by atoms with Crippen molar-refractivity contribution in [2.24, 2.45) is 0 Å². The zero-order valence-electron chi connectivity index (χ0n) is 17.1. The molecule has 1 amide bonds. The number of anilines is 1. The van der Waals surface area contributed by atoms with Gasteiger partial charge in [-0.1, -0.05) is 65.2 Å². The number of halogens is 2. The number of benzene rings is 3. The molecule has 0 fully saturated rings. The first kappa shape index (κ1) is 23.3. The number of nitrogens with zero attached hydrogens (tertiary/aromatic N) is 1. The molecule has 0 bridgehead atoms. The second kappa shape index (κ2) is 9.83. The lowest BCUT2D eigenvalue weighted by Gasteiger charge is -2.23. The van der Waals surface area contributed by atoms with Gasteiger partial charge in [0, 0.05) is 22.3 Å². The van der Waals surface area contributed by atoms with Crippen molar-refractivity contribution in [1.82, 2.24) is 4.31 Å². The van der Waals surface area contributed by atoms with Crippen molar-refractivity contribution < 1.29 is 13.2 Å². The van der Waals surface area contributed by atoms with Crippen LogP contribution in [-0.2, 0) is 21.4 Å². The molecule has 0 heterocycles. The summed E-state index contributed by atoms with van der Waals surface area (Å²) >= 11 is 12.4. The highest BCUT2D eigenvalue weighted by Crippen LogP contribution is 2.25. The Balaban J connectivity index is 1.91. The Morgan fingerprint density at radius 3 is 2.23 bits per heavy atom. The summed E-state index contributed by atoms with van der Waals surface area (Å²) in [5.74, 6) is -0.479. The Morgan fingerprint density at radius 1 is 0.903 bits per heavy atom. The van der Waals surface area contributed by atoms with Gasteiger partial charge >= 0.3 is 0 Å². The molecule has 5 nitrogen and oxygen atoms in total. The molecule has 31 heavy (non-hydrogen) atoms. The number of sulfonamides is 1. The van der Waals surface area contributed by atoms with Crippen molar-refractivity contribution in [2.75, 3.05) is 11.9 Å². The number of nitrogens with one attached hydrogen (secondary N) is 1. The predicted octanol–water partition coefficient (Wildman–Crippen LogP) is 5.44. The molecular weight excluding hydrogens is 455 g/mol. The number of carbonyl (C=O) groups is 1. The first-order chi connectivity index (χ1) is 14.7. The maximum atomic E-state index is 13.4. The molecular formula is C23H22Cl2N2O3S. The molecule has 8 heteroatoms. The number of hydrogen-bond donors (Lipinski definition) is 1. The van der Waals surface area contributed by atoms with Crippen LogP contribution in [0, 0.1) is 13.8 Å². The van der Waals surface area contributed by atoms with Crippen LogP contribution in [0.5, 0.6) is 0 Å². The summed E-state index contributed by atoms with van der Waals surface area (Å²) in [5.41, 5.74) is 2.77. The topological polar surface area (TPSA) is 66.5 Å². The molecule has 0 aromatic heterocycles. The molecule has 0 saturated carbocycles.